The van der Waals surface area contributed by atoms with Gasteiger partial charge in [-0.25, -0.2) is 4.98 Å². The Labute approximate surface area is 164 Å². The second-order valence-electron chi connectivity index (χ2n) is 7.21. The van der Waals surface area contributed by atoms with E-state index in [-0.39, 0.29) is 0 Å². The summed E-state index contributed by atoms with van der Waals surface area (Å²) in [5, 5.41) is 9.77. The summed E-state index contributed by atoms with van der Waals surface area (Å²) in [6.45, 7) is 8.31. The van der Waals surface area contributed by atoms with Crippen LogP contribution in [0, 0.1) is 39.0 Å². The molecule has 0 aliphatic carbocycles. The number of aryl methyl sites for hydroxylation is 3. The SMILES string of the molecule is Cc1cc2nc(/C(C#N)=C\c3cc(C)n(-c4ccccc4)c3C)[nH]c2cc1C. The number of H-pyrrole nitrogens is 1. The number of nitrogens with zero attached hydrogens (tertiary/aromatic N) is 3. The number of aromatic nitrogens is 3. The average molecular weight is 366 g/mol. The normalized spacial score (nSPS) is 11.8. The Hall–Kier alpha value is -3.58. The molecule has 0 bridgehead atoms. The third kappa shape index (κ3) is 3.01. The smallest absolute Gasteiger partial charge is 0.149 e. The van der Waals surface area contributed by atoms with Crippen molar-refractivity contribution in [3.63, 3.8) is 0 Å². The Morgan fingerprint density at radius 3 is 2.46 bits per heavy atom. The van der Waals surface area contributed by atoms with E-state index in [1.54, 1.807) is 0 Å². The van der Waals surface area contributed by atoms with Gasteiger partial charge in [-0.2, -0.15) is 5.26 Å². The molecule has 4 aromatic rings. The molecule has 1 N–H and O–H groups in total. The van der Waals surface area contributed by atoms with Crippen molar-refractivity contribution in [2.45, 2.75) is 27.7 Å². The van der Waals surface area contributed by atoms with Crippen molar-refractivity contribution >= 4 is 22.7 Å². The van der Waals surface area contributed by atoms with Gasteiger partial charge in [0.25, 0.3) is 0 Å². The summed E-state index contributed by atoms with van der Waals surface area (Å²) < 4.78 is 2.20. The van der Waals surface area contributed by atoms with Crippen molar-refractivity contribution in [3.05, 3.63) is 82.4 Å². The van der Waals surface area contributed by atoms with Gasteiger partial charge in [0.05, 0.1) is 16.6 Å². The maximum atomic E-state index is 9.77. The van der Waals surface area contributed by atoms with E-state index < -0.39 is 0 Å². The first-order valence-electron chi connectivity index (χ1n) is 9.31. The fraction of sp³-hybridized carbons (Fsp3) is 0.167. The quantitative estimate of drug-likeness (QED) is 0.476. The molecule has 4 nitrogen and oxygen atoms in total. The standard InChI is InChI=1S/C24H22N4/c1-15-10-22-23(11-16(15)2)27-24(26-22)20(14-25)13-19-12-17(3)28(18(19)4)21-8-6-5-7-9-21/h5-13H,1-4H3,(H,26,27)/b20-13-. The third-order valence-corrected chi connectivity index (χ3v) is 5.26. The van der Waals surface area contributed by atoms with Crippen LogP contribution in [0.1, 0.15) is 33.9 Å². The monoisotopic (exact) mass is 366 g/mol. The predicted octanol–water partition coefficient (Wildman–Crippen LogP) is 5.65. The molecule has 2 heterocycles. The first-order chi connectivity index (χ1) is 13.5. The van der Waals surface area contributed by atoms with Gasteiger partial charge in [-0.1, -0.05) is 18.2 Å². The van der Waals surface area contributed by atoms with E-state index in [2.05, 4.69) is 78.6 Å². The Morgan fingerprint density at radius 2 is 1.75 bits per heavy atom. The van der Waals surface area contributed by atoms with Crippen LogP contribution in [0.5, 0.6) is 0 Å². The minimum atomic E-state index is 0.528. The van der Waals surface area contributed by atoms with Gasteiger partial charge >= 0.3 is 0 Å². The highest BCUT2D eigenvalue weighted by molar-refractivity contribution is 5.91. The summed E-state index contributed by atoms with van der Waals surface area (Å²) in [7, 11) is 0. The van der Waals surface area contributed by atoms with Gasteiger partial charge in [-0.05, 0) is 80.8 Å². The summed E-state index contributed by atoms with van der Waals surface area (Å²) in [4.78, 5) is 7.94. The molecule has 4 rings (SSSR count). The van der Waals surface area contributed by atoms with Crippen LogP contribution in [0.3, 0.4) is 0 Å². The molecule has 4 heteroatoms. The topological polar surface area (TPSA) is 57.4 Å². The minimum Gasteiger partial charge on any atom is -0.337 e. The molecule has 0 unspecified atom stereocenters. The molecule has 0 atom stereocenters. The number of hydrogen-bond acceptors (Lipinski definition) is 2. The number of nitrogens with one attached hydrogen (secondary N) is 1. The van der Waals surface area contributed by atoms with E-state index in [9.17, 15) is 5.26 Å². The molecule has 0 saturated heterocycles. The van der Waals surface area contributed by atoms with Gasteiger partial charge in [0.1, 0.15) is 11.9 Å². The van der Waals surface area contributed by atoms with Crippen LogP contribution in [0.25, 0.3) is 28.4 Å². The van der Waals surface area contributed by atoms with E-state index in [0.29, 0.717) is 11.4 Å². The number of nitriles is 1. The lowest BCUT2D eigenvalue weighted by Gasteiger charge is -2.09. The second-order valence-corrected chi connectivity index (χ2v) is 7.21. The number of aromatic amines is 1. The van der Waals surface area contributed by atoms with Crippen molar-refractivity contribution in [2.75, 3.05) is 0 Å². The lowest BCUT2D eigenvalue weighted by atomic mass is 10.1. The summed E-state index contributed by atoms with van der Waals surface area (Å²) in [6.07, 6.45) is 1.92. The largest absolute Gasteiger partial charge is 0.337 e. The van der Waals surface area contributed by atoms with E-state index in [0.717, 1.165) is 33.7 Å². The number of fused-ring (bicyclic) bond motifs is 1. The second kappa shape index (κ2) is 6.86. The highest BCUT2D eigenvalue weighted by atomic mass is 15.0. The number of allylic oxidation sites excluding steroid dienone is 1. The molecule has 28 heavy (non-hydrogen) atoms. The van der Waals surface area contributed by atoms with Crippen molar-refractivity contribution in [1.82, 2.24) is 14.5 Å². The van der Waals surface area contributed by atoms with Crippen LogP contribution in [0.15, 0.2) is 48.5 Å². The minimum absolute atomic E-state index is 0.528. The van der Waals surface area contributed by atoms with E-state index >= 15 is 0 Å². The van der Waals surface area contributed by atoms with Crippen molar-refractivity contribution in [3.8, 4) is 11.8 Å². The van der Waals surface area contributed by atoms with E-state index in [1.807, 2.05) is 24.3 Å². The zero-order chi connectivity index (χ0) is 19.8. The summed E-state index contributed by atoms with van der Waals surface area (Å²) in [6, 6.07) is 18.8. The summed E-state index contributed by atoms with van der Waals surface area (Å²) >= 11 is 0. The van der Waals surface area contributed by atoms with Gasteiger partial charge in [0.15, 0.2) is 0 Å². The molecule has 0 saturated carbocycles. The molecule has 0 spiro atoms. The van der Waals surface area contributed by atoms with E-state index in [4.69, 9.17) is 0 Å². The Bertz CT molecular complexity index is 1210. The molecular formula is C24H22N4. The summed E-state index contributed by atoms with van der Waals surface area (Å²) in [5.41, 5.74) is 9.12. The number of benzene rings is 2. The molecule has 0 radical (unpaired) electrons. The average Bonchev–Trinajstić information content (AvgIpc) is 3.20. The molecular weight excluding hydrogens is 344 g/mol. The molecule has 2 aromatic heterocycles. The van der Waals surface area contributed by atoms with Gasteiger partial charge < -0.3 is 9.55 Å². The van der Waals surface area contributed by atoms with Crippen LogP contribution >= 0.6 is 0 Å². The molecule has 138 valence electrons. The Morgan fingerprint density at radius 1 is 1.04 bits per heavy atom. The third-order valence-electron chi connectivity index (χ3n) is 5.26. The highest BCUT2D eigenvalue weighted by Crippen LogP contribution is 2.26. The lowest BCUT2D eigenvalue weighted by molar-refractivity contribution is 0.964. The van der Waals surface area contributed by atoms with Gasteiger partial charge in [0, 0.05) is 17.1 Å². The fourth-order valence-electron chi connectivity index (χ4n) is 3.61. The number of imidazole rings is 1. The number of para-hydroxylation sites is 1. The highest BCUT2D eigenvalue weighted by Gasteiger charge is 2.13. The van der Waals surface area contributed by atoms with Crippen LogP contribution < -0.4 is 0 Å². The fourth-order valence-corrected chi connectivity index (χ4v) is 3.61. The summed E-state index contributed by atoms with van der Waals surface area (Å²) in [5.74, 6) is 0.604. The zero-order valence-electron chi connectivity index (χ0n) is 16.5. The molecule has 2 aromatic carbocycles. The van der Waals surface area contributed by atoms with Crippen LogP contribution in [0.2, 0.25) is 0 Å². The number of rotatable bonds is 3. The molecule has 0 amide bonds. The maximum Gasteiger partial charge on any atom is 0.149 e. The molecule has 0 fully saturated rings. The molecule has 0 aliphatic rings. The van der Waals surface area contributed by atoms with Gasteiger partial charge in [-0.3, -0.25) is 0 Å². The van der Waals surface area contributed by atoms with E-state index in [1.165, 1.54) is 11.1 Å². The Kier molecular flexibility index (Phi) is 4.37. The first kappa shape index (κ1) is 17.8. The zero-order valence-corrected chi connectivity index (χ0v) is 16.5. The van der Waals surface area contributed by atoms with Crippen LogP contribution in [-0.4, -0.2) is 14.5 Å². The lowest BCUT2D eigenvalue weighted by Crippen LogP contribution is -1.98. The van der Waals surface area contributed by atoms with Crippen LogP contribution in [-0.2, 0) is 0 Å². The maximum absolute atomic E-state index is 9.77. The first-order valence-corrected chi connectivity index (χ1v) is 9.31. The van der Waals surface area contributed by atoms with Crippen molar-refractivity contribution < 1.29 is 0 Å². The van der Waals surface area contributed by atoms with Crippen LogP contribution in [0.4, 0.5) is 0 Å². The predicted molar refractivity (Wildman–Crippen MR) is 114 cm³/mol. The van der Waals surface area contributed by atoms with Crippen molar-refractivity contribution in [2.24, 2.45) is 0 Å². The molecule has 0 aliphatic heterocycles. The van der Waals surface area contributed by atoms with Gasteiger partial charge in [-0.15, -0.1) is 0 Å². The van der Waals surface area contributed by atoms with Crippen molar-refractivity contribution in [1.29, 1.82) is 5.26 Å². The Balaban J connectivity index is 1.81. The number of hydrogen-bond donors (Lipinski definition) is 1. The van der Waals surface area contributed by atoms with Gasteiger partial charge in [0.2, 0.25) is 0 Å².